The largest absolute Gasteiger partial charge is 0.462 e. The van der Waals surface area contributed by atoms with Gasteiger partial charge in [-0.3, -0.25) is 14.4 Å². The smallest absolute Gasteiger partial charge is 0.306 e. The molecular formula is C69H128O6. The maximum atomic E-state index is 12.8. The van der Waals surface area contributed by atoms with Crippen LogP contribution >= 0.6 is 0 Å². The highest BCUT2D eigenvalue weighted by Crippen LogP contribution is 2.18. The van der Waals surface area contributed by atoms with Crippen molar-refractivity contribution in [2.24, 2.45) is 0 Å². The van der Waals surface area contributed by atoms with Gasteiger partial charge in [0.15, 0.2) is 6.10 Å². The molecule has 1 unspecified atom stereocenters. The van der Waals surface area contributed by atoms with Crippen molar-refractivity contribution < 1.29 is 28.6 Å². The van der Waals surface area contributed by atoms with Gasteiger partial charge >= 0.3 is 17.9 Å². The van der Waals surface area contributed by atoms with Gasteiger partial charge in [-0.25, -0.2) is 0 Å². The van der Waals surface area contributed by atoms with E-state index in [9.17, 15) is 14.4 Å². The van der Waals surface area contributed by atoms with Gasteiger partial charge in [0, 0.05) is 19.3 Å². The van der Waals surface area contributed by atoms with Crippen molar-refractivity contribution in [1.82, 2.24) is 0 Å². The molecule has 0 saturated carbocycles. The van der Waals surface area contributed by atoms with Gasteiger partial charge in [-0.15, -0.1) is 0 Å². The van der Waals surface area contributed by atoms with Gasteiger partial charge in [0.1, 0.15) is 13.2 Å². The molecule has 0 bridgehead atoms. The van der Waals surface area contributed by atoms with E-state index in [1.165, 1.54) is 257 Å². The highest BCUT2D eigenvalue weighted by Gasteiger charge is 2.19. The summed E-state index contributed by atoms with van der Waals surface area (Å²) >= 11 is 0. The second-order valence-corrected chi connectivity index (χ2v) is 22.7. The van der Waals surface area contributed by atoms with Crippen LogP contribution < -0.4 is 0 Å². The zero-order valence-electron chi connectivity index (χ0n) is 50.6. The fourth-order valence-corrected chi connectivity index (χ4v) is 10.1. The third kappa shape index (κ3) is 62.4. The Balaban J connectivity index is 3.90. The second kappa shape index (κ2) is 64.2. The van der Waals surface area contributed by atoms with Crippen LogP contribution in [0, 0.1) is 0 Å². The van der Waals surface area contributed by atoms with Crippen LogP contribution in [0.25, 0.3) is 0 Å². The fourth-order valence-electron chi connectivity index (χ4n) is 10.1. The zero-order valence-corrected chi connectivity index (χ0v) is 50.6. The minimum absolute atomic E-state index is 0.0684. The van der Waals surface area contributed by atoms with E-state index in [-0.39, 0.29) is 31.1 Å². The average Bonchev–Trinajstić information content (AvgIpc) is 3.41. The maximum absolute atomic E-state index is 12.8. The van der Waals surface area contributed by atoms with E-state index in [2.05, 4.69) is 57.2 Å². The van der Waals surface area contributed by atoms with E-state index >= 15 is 0 Å². The lowest BCUT2D eigenvalue weighted by molar-refractivity contribution is -0.167. The number of unbranched alkanes of at least 4 members (excludes halogenated alkanes) is 45. The Kier molecular flexibility index (Phi) is 62.1. The SMILES string of the molecule is CCCCCCC/C=C\C/C=C\CCCCCCCCCCCCCCCCCCCCCCCC(=O)OCC(COC(=O)CCCCCCC)OC(=O)CCCCCCCCCCC/C=C\CCCCCCCC. The van der Waals surface area contributed by atoms with Gasteiger partial charge in [0.05, 0.1) is 0 Å². The van der Waals surface area contributed by atoms with Crippen LogP contribution in [0.4, 0.5) is 0 Å². The standard InChI is InChI=1S/C69H128O6/c1-4-7-10-13-15-17-19-21-23-25-27-28-29-30-31-32-33-34-35-36-37-38-39-40-42-43-45-47-49-51-53-56-59-62-68(71)74-65-66(64-73-67(70)61-58-55-12-9-6-3)75-69(72)63-60-57-54-52-50-48-46-44-41-26-24-22-20-18-16-14-11-8-5-2/h19,21-22,24-25,27,66H,4-18,20,23,26,28-65H2,1-3H3/b21-19-,24-22-,27-25-. The lowest BCUT2D eigenvalue weighted by Crippen LogP contribution is -2.30. The Bertz CT molecular complexity index is 1250. The van der Waals surface area contributed by atoms with Crippen molar-refractivity contribution in [3.63, 3.8) is 0 Å². The molecule has 1 atom stereocenters. The number of ether oxygens (including phenoxy) is 3. The summed E-state index contributed by atoms with van der Waals surface area (Å²) in [6, 6.07) is 0. The van der Waals surface area contributed by atoms with Crippen LogP contribution in [0.5, 0.6) is 0 Å². The van der Waals surface area contributed by atoms with Gasteiger partial charge in [-0.2, -0.15) is 0 Å². The molecule has 440 valence electrons. The van der Waals surface area contributed by atoms with Crippen molar-refractivity contribution in [2.45, 2.75) is 374 Å². The molecule has 0 radical (unpaired) electrons. The Labute approximate surface area is 467 Å². The summed E-state index contributed by atoms with van der Waals surface area (Å²) in [5, 5.41) is 0. The fraction of sp³-hybridized carbons (Fsp3) is 0.870. The lowest BCUT2D eigenvalue weighted by atomic mass is 10.0. The Morgan fingerprint density at radius 3 is 0.747 bits per heavy atom. The molecule has 0 fully saturated rings. The molecule has 0 saturated heterocycles. The summed E-state index contributed by atoms with van der Waals surface area (Å²) in [5.41, 5.74) is 0. The summed E-state index contributed by atoms with van der Waals surface area (Å²) < 4.78 is 16.8. The van der Waals surface area contributed by atoms with E-state index in [1.54, 1.807) is 0 Å². The summed E-state index contributed by atoms with van der Waals surface area (Å²) in [6.45, 7) is 6.59. The first-order valence-corrected chi connectivity index (χ1v) is 33.5. The molecule has 0 aliphatic carbocycles. The number of carbonyl (C=O) groups is 3. The molecule has 75 heavy (non-hydrogen) atoms. The molecule has 0 rings (SSSR count). The Hall–Kier alpha value is -2.37. The van der Waals surface area contributed by atoms with Crippen LogP contribution in [0.15, 0.2) is 36.5 Å². The molecular weight excluding hydrogens is 925 g/mol. The van der Waals surface area contributed by atoms with E-state index in [0.29, 0.717) is 19.3 Å². The quantitative estimate of drug-likeness (QED) is 0.0261. The van der Waals surface area contributed by atoms with E-state index in [0.717, 1.165) is 70.6 Å². The average molecular weight is 1050 g/mol. The summed E-state index contributed by atoms with van der Waals surface area (Å²) in [5.74, 6) is -0.863. The maximum Gasteiger partial charge on any atom is 0.306 e. The van der Waals surface area contributed by atoms with Crippen molar-refractivity contribution >= 4 is 17.9 Å². The molecule has 6 heteroatoms. The Morgan fingerprint density at radius 2 is 0.480 bits per heavy atom. The first-order chi connectivity index (χ1) is 37.0. The summed E-state index contributed by atoms with van der Waals surface area (Å²) in [6.07, 6.45) is 79.4. The van der Waals surface area contributed by atoms with Crippen molar-refractivity contribution in [3.05, 3.63) is 36.5 Å². The van der Waals surface area contributed by atoms with Gasteiger partial charge in [0.25, 0.3) is 0 Å². The summed E-state index contributed by atoms with van der Waals surface area (Å²) in [7, 11) is 0. The molecule has 0 N–H and O–H groups in total. The number of rotatable bonds is 62. The molecule has 0 amide bonds. The lowest BCUT2D eigenvalue weighted by Gasteiger charge is -2.18. The number of esters is 3. The highest BCUT2D eigenvalue weighted by molar-refractivity contribution is 5.71. The number of carbonyl (C=O) groups excluding carboxylic acids is 3. The minimum Gasteiger partial charge on any atom is -0.462 e. The third-order valence-electron chi connectivity index (χ3n) is 15.1. The minimum atomic E-state index is -0.767. The molecule has 6 nitrogen and oxygen atoms in total. The van der Waals surface area contributed by atoms with Crippen LogP contribution in [0.3, 0.4) is 0 Å². The molecule has 0 heterocycles. The molecule has 0 aromatic carbocycles. The van der Waals surface area contributed by atoms with E-state index < -0.39 is 6.10 Å². The predicted octanol–water partition coefficient (Wildman–Crippen LogP) is 22.8. The Morgan fingerprint density at radius 1 is 0.267 bits per heavy atom. The normalized spacial score (nSPS) is 12.2. The molecule has 0 aromatic heterocycles. The van der Waals surface area contributed by atoms with Gasteiger partial charge < -0.3 is 14.2 Å². The summed E-state index contributed by atoms with van der Waals surface area (Å²) in [4.78, 5) is 37.9. The van der Waals surface area contributed by atoms with Gasteiger partial charge in [-0.1, -0.05) is 308 Å². The number of allylic oxidation sites excluding steroid dienone is 6. The zero-order chi connectivity index (χ0) is 54.3. The van der Waals surface area contributed by atoms with E-state index in [1.807, 2.05) is 0 Å². The van der Waals surface area contributed by atoms with Crippen LogP contribution in [0.2, 0.25) is 0 Å². The first-order valence-electron chi connectivity index (χ1n) is 33.5. The van der Waals surface area contributed by atoms with Crippen LogP contribution in [-0.2, 0) is 28.6 Å². The topological polar surface area (TPSA) is 78.9 Å². The molecule has 0 aliphatic rings. The van der Waals surface area contributed by atoms with Crippen molar-refractivity contribution in [1.29, 1.82) is 0 Å². The van der Waals surface area contributed by atoms with Gasteiger partial charge in [-0.05, 0) is 77.0 Å². The number of hydrogen-bond donors (Lipinski definition) is 0. The van der Waals surface area contributed by atoms with Crippen molar-refractivity contribution in [3.8, 4) is 0 Å². The second-order valence-electron chi connectivity index (χ2n) is 22.7. The van der Waals surface area contributed by atoms with Gasteiger partial charge in [0.2, 0.25) is 0 Å². The van der Waals surface area contributed by atoms with Crippen molar-refractivity contribution in [2.75, 3.05) is 13.2 Å². The van der Waals surface area contributed by atoms with E-state index in [4.69, 9.17) is 14.2 Å². The third-order valence-corrected chi connectivity index (χ3v) is 15.1. The number of hydrogen-bond acceptors (Lipinski definition) is 6. The van der Waals surface area contributed by atoms with Crippen LogP contribution in [0.1, 0.15) is 367 Å². The molecule has 0 aliphatic heterocycles. The molecule has 0 spiro atoms. The molecule has 0 aromatic rings. The predicted molar refractivity (Wildman–Crippen MR) is 326 cm³/mol. The monoisotopic (exact) mass is 1050 g/mol. The van der Waals surface area contributed by atoms with Crippen LogP contribution in [-0.4, -0.2) is 37.2 Å². The first kappa shape index (κ1) is 72.6. The highest BCUT2D eigenvalue weighted by atomic mass is 16.6.